The first kappa shape index (κ1) is 16.3. The molecule has 3 atom stereocenters. The van der Waals surface area contributed by atoms with E-state index in [1.165, 1.54) is 0 Å². The predicted molar refractivity (Wildman–Crippen MR) is 88.3 cm³/mol. The molecule has 3 heteroatoms. The van der Waals surface area contributed by atoms with Crippen molar-refractivity contribution in [2.75, 3.05) is 24.5 Å². The highest BCUT2D eigenvalue weighted by atomic mass is 19.1. The third-order valence-corrected chi connectivity index (χ3v) is 4.84. The normalized spacial score (nSPS) is 24.1. The number of hydrogen-bond acceptors (Lipinski definition) is 2. The van der Waals surface area contributed by atoms with Crippen LogP contribution in [-0.4, -0.2) is 19.6 Å². The Hall–Kier alpha value is -1.09. The third-order valence-electron chi connectivity index (χ3n) is 4.84. The zero-order valence-corrected chi connectivity index (χ0v) is 13.8. The van der Waals surface area contributed by atoms with Crippen LogP contribution in [0.3, 0.4) is 0 Å². The number of para-hydroxylation sites is 1. The maximum Gasteiger partial charge on any atom is 0.146 e. The van der Waals surface area contributed by atoms with E-state index in [1.807, 2.05) is 6.07 Å². The van der Waals surface area contributed by atoms with Crippen molar-refractivity contribution in [1.82, 2.24) is 5.32 Å². The molecule has 0 amide bonds. The van der Waals surface area contributed by atoms with Crippen LogP contribution >= 0.6 is 0 Å². The van der Waals surface area contributed by atoms with Crippen molar-refractivity contribution in [3.05, 3.63) is 29.6 Å². The Bertz CT molecular complexity index is 461. The van der Waals surface area contributed by atoms with E-state index in [9.17, 15) is 4.39 Å². The van der Waals surface area contributed by atoms with Crippen LogP contribution in [0.5, 0.6) is 0 Å². The van der Waals surface area contributed by atoms with Crippen molar-refractivity contribution in [3.63, 3.8) is 0 Å². The SMILES string of the molecule is CCCNC(C)c1cccc(F)c1N1CCC(C)C(C)C1. The van der Waals surface area contributed by atoms with Gasteiger partial charge < -0.3 is 10.2 Å². The first-order valence-electron chi connectivity index (χ1n) is 8.31. The first-order valence-corrected chi connectivity index (χ1v) is 8.31. The molecule has 118 valence electrons. The molecule has 1 aromatic carbocycles. The van der Waals surface area contributed by atoms with Gasteiger partial charge in [-0.1, -0.05) is 32.9 Å². The van der Waals surface area contributed by atoms with E-state index in [-0.39, 0.29) is 11.9 Å². The standard InChI is InChI=1S/C18H29FN2/c1-5-10-20-15(4)16-7-6-8-17(19)18(16)21-11-9-13(2)14(3)12-21/h6-8,13-15,20H,5,9-12H2,1-4H3. The van der Waals surface area contributed by atoms with Crippen LogP contribution in [0.25, 0.3) is 0 Å². The Balaban J connectivity index is 2.25. The second kappa shape index (κ2) is 7.26. The summed E-state index contributed by atoms with van der Waals surface area (Å²) in [5.74, 6) is 1.26. The van der Waals surface area contributed by atoms with Crippen molar-refractivity contribution in [1.29, 1.82) is 0 Å². The molecule has 2 rings (SSSR count). The second-order valence-electron chi connectivity index (χ2n) is 6.54. The molecule has 1 fully saturated rings. The summed E-state index contributed by atoms with van der Waals surface area (Å²) in [7, 11) is 0. The lowest BCUT2D eigenvalue weighted by Crippen LogP contribution is -2.39. The second-order valence-corrected chi connectivity index (χ2v) is 6.54. The molecule has 0 aliphatic carbocycles. The minimum Gasteiger partial charge on any atom is -0.369 e. The minimum absolute atomic E-state index is 0.0839. The van der Waals surface area contributed by atoms with Crippen molar-refractivity contribution in [3.8, 4) is 0 Å². The smallest absolute Gasteiger partial charge is 0.146 e. The highest BCUT2D eigenvalue weighted by Crippen LogP contribution is 2.34. The summed E-state index contributed by atoms with van der Waals surface area (Å²) in [6.07, 6.45) is 2.24. The van der Waals surface area contributed by atoms with Crippen molar-refractivity contribution in [2.24, 2.45) is 11.8 Å². The summed E-state index contributed by atoms with van der Waals surface area (Å²) in [6, 6.07) is 5.67. The summed E-state index contributed by atoms with van der Waals surface area (Å²) in [6.45, 7) is 11.7. The summed E-state index contributed by atoms with van der Waals surface area (Å²) < 4.78 is 14.5. The van der Waals surface area contributed by atoms with Crippen LogP contribution in [0.1, 0.15) is 52.1 Å². The van der Waals surface area contributed by atoms with Gasteiger partial charge in [-0.15, -0.1) is 0 Å². The monoisotopic (exact) mass is 292 g/mol. The van der Waals surface area contributed by atoms with Crippen molar-refractivity contribution < 1.29 is 4.39 Å². The highest BCUT2D eigenvalue weighted by molar-refractivity contribution is 5.56. The van der Waals surface area contributed by atoms with Gasteiger partial charge in [-0.25, -0.2) is 4.39 Å². The van der Waals surface area contributed by atoms with Crippen LogP contribution in [0.4, 0.5) is 10.1 Å². The zero-order chi connectivity index (χ0) is 15.4. The Morgan fingerprint density at radius 1 is 1.33 bits per heavy atom. The average molecular weight is 292 g/mol. The number of piperidine rings is 1. The molecule has 1 aromatic rings. The molecule has 21 heavy (non-hydrogen) atoms. The number of nitrogens with zero attached hydrogens (tertiary/aromatic N) is 1. The van der Waals surface area contributed by atoms with E-state index in [0.29, 0.717) is 5.92 Å². The third kappa shape index (κ3) is 3.76. The van der Waals surface area contributed by atoms with Gasteiger partial charge >= 0.3 is 0 Å². The number of benzene rings is 1. The Morgan fingerprint density at radius 3 is 2.76 bits per heavy atom. The Morgan fingerprint density at radius 2 is 2.10 bits per heavy atom. The van der Waals surface area contributed by atoms with E-state index in [4.69, 9.17) is 0 Å². The summed E-state index contributed by atoms with van der Waals surface area (Å²) in [5, 5.41) is 3.48. The predicted octanol–water partition coefficient (Wildman–Crippen LogP) is 4.37. The Kier molecular flexibility index (Phi) is 5.63. The largest absolute Gasteiger partial charge is 0.369 e. The maximum absolute atomic E-state index is 14.5. The number of halogens is 1. The fraction of sp³-hybridized carbons (Fsp3) is 0.667. The van der Waals surface area contributed by atoms with Crippen LogP contribution in [-0.2, 0) is 0 Å². The molecular weight excluding hydrogens is 263 g/mol. The Labute approximate surface area is 128 Å². The van der Waals surface area contributed by atoms with Crippen molar-refractivity contribution in [2.45, 2.75) is 46.6 Å². The van der Waals surface area contributed by atoms with Crippen LogP contribution in [0.2, 0.25) is 0 Å². The summed E-state index contributed by atoms with van der Waals surface area (Å²) in [4.78, 5) is 2.25. The molecule has 0 saturated carbocycles. The molecule has 1 heterocycles. The lowest BCUT2D eigenvalue weighted by Gasteiger charge is -2.38. The highest BCUT2D eigenvalue weighted by Gasteiger charge is 2.27. The van der Waals surface area contributed by atoms with Gasteiger partial charge in [0.25, 0.3) is 0 Å². The van der Waals surface area contributed by atoms with Gasteiger partial charge in [0, 0.05) is 19.1 Å². The maximum atomic E-state index is 14.5. The lowest BCUT2D eigenvalue weighted by atomic mass is 9.88. The van der Waals surface area contributed by atoms with E-state index >= 15 is 0 Å². The van der Waals surface area contributed by atoms with Gasteiger partial charge in [0.05, 0.1) is 5.69 Å². The summed E-state index contributed by atoms with van der Waals surface area (Å²) in [5.41, 5.74) is 1.90. The number of hydrogen-bond donors (Lipinski definition) is 1. The molecule has 0 aromatic heterocycles. The molecule has 0 radical (unpaired) electrons. The quantitative estimate of drug-likeness (QED) is 0.867. The van der Waals surface area contributed by atoms with E-state index in [1.54, 1.807) is 6.07 Å². The molecule has 1 saturated heterocycles. The number of rotatable bonds is 5. The van der Waals surface area contributed by atoms with Crippen LogP contribution in [0, 0.1) is 17.7 Å². The van der Waals surface area contributed by atoms with Crippen LogP contribution < -0.4 is 10.2 Å². The van der Waals surface area contributed by atoms with Gasteiger partial charge in [0.1, 0.15) is 5.82 Å². The molecule has 1 aliphatic heterocycles. The number of anilines is 1. The molecule has 0 bridgehead atoms. The molecule has 0 spiro atoms. The van der Waals surface area contributed by atoms with Gasteiger partial charge in [0.15, 0.2) is 0 Å². The molecular formula is C18H29FN2. The molecule has 1 aliphatic rings. The molecule has 2 nitrogen and oxygen atoms in total. The van der Waals surface area contributed by atoms with Gasteiger partial charge in [-0.3, -0.25) is 0 Å². The minimum atomic E-state index is -0.0839. The van der Waals surface area contributed by atoms with Crippen molar-refractivity contribution >= 4 is 5.69 Å². The summed E-state index contributed by atoms with van der Waals surface area (Å²) >= 11 is 0. The van der Waals surface area contributed by atoms with E-state index < -0.39 is 0 Å². The number of nitrogens with one attached hydrogen (secondary N) is 1. The van der Waals surface area contributed by atoms with E-state index in [2.05, 4.69) is 44.0 Å². The van der Waals surface area contributed by atoms with Gasteiger partial charge in [-0.2, -0.15) is 0 Å². The average Bonchev–Trinajstić information content (AvgIpc) is 2.47. The molecule has 3 unspecified atom stereocenters. The topological polar surface area (TPSA) is 15.3 Å². The van der Waals surface area contributed by atoms with Gasteiger partial charge in [-0.05, 0) is 49.8 Å². The zero-order valence-electron chi connectivity index (χ0n) is 13.8. The fourth-order valence-corrected chi connectivity index (χ4v) is 3.15. The van der Waals surface area contributed by atoms with E-state index in [0.717, 1.165) is 49.6 Å². The molecule has 1 N–H and O–H groups in total. The fourth-order valence-electron chi connectivity index (χ4n) is 3.15. The first-order chi connectivity index (χ1) is 10.0. The van der Waals surface area contributed by atoms with Crippen LogP contribution in [0.15, 0.2) is 18.2 Å². The van der Waals surface area contributed by atoms with Gasteiger partial charge in [0.2, 0.25) is 0 Å². The lowest BCUT2D eigenvalue weighted by molar-refractivity contribution is 0.321.